The van der Waals surface area contributed by atoms with Crippen LogP contribution in [-0.2, 0) is 5.54 Å². The normalized spacial score (nSPS) is 25.0. The van der Waals surface area contributed by atoms with Crippen molar-refractivity contribution >= 4 is 12.4 Å². The van der Waals surface area contributed by atoms with Gasteiger partial charge in [-0.1, -0.05) is 30.1 Å². The molecule has 23 heavy (non-hydrogen) atoms. The number of rotatable bonds is 2. The van der Waals surface area contributed by atoms with E-state index in [1.54, 1.807) is 0 Å². The molecule has 0 saturated heterocycles. The Bertz CT molecular complexity index is 685. The standard InChI is InChI=1S/C16H19N3O3.ClH/c1-10-13(21-12-7-3-2-6-11(12)20-10)14-18-15(19-22-14)16(17)8-4-5-9-16;/h2-3,6-7,10,13H,4-5,8-9,17H2,1H3;1H. The highest BCUT2D eigenvalue weighted by Gasteiger charge is 2.39. The number of hydrogen-bond acceptors (Lipinski definition) is 6. The first kappa shape index (κ1) is 16.1. The van der Waals surface area contributed by atoms with Gasteiger partial charge < -0.3 is 19.7 Å². The SMILES string of the molecule is CC1Oc2ccccc2OC1c1nc(C2(N)CCCC2)no1.Cl. The first-order valence-corrected chi connectivity index (χ1v) is 7.71. The summed E-state index contributed by atoms with van der Waals surface area (Å²) in [5, 5.41) is 4.09. The Hall–Kier alpha value is -1.79. The van der Waals surface area contributed by atoms with Crippen LogP contribution in [0.4, 0.5) is 0 Å². The van der Waals surface area contributed by atoms with Crippen LogP contribution in [-0.4, -0.2) is 16.2 Å². The molecule has 2 heterocycles. The second-order valence-corrected chi connectivity index (χ2v) is 6.13. The van der Waals surface area contributed by atoms with E-state index in [1.807, 2.05) is 31.2 Å². The van der Waals surface area contributed by atoms with E-state index >= 15 is 0 Å². The molecule has 2 N–H and O–H groups in total. The second kappa shape index (κ2) is 6.02. The van der Waals surface area contributed by atoms with Crippen LogP contribution in [0.1, 0.15) is 50.4 Å². The minimum Gasteiger partial charge on any atom is -0.482 e. The number of nitrogens with two attached hydrogens (primary N) is 1. The number of para-hydroxylation sites is 2. The molecular weight excluding hydrogens is 318 g/mol. The van der Waals surface area contributed by atoms with Crippen LogP contribution in [0.3, 0.4) is 0 Å². The fraction of sp³-hybridized carbons (Fsp3) is 0.500. The predicted octanol–water partition coefficient (Wildman–Crippen LogP) is 3.12. The van der Waals surface area contributed by atoms with Gasteiger partial charge in [0.15, 0.2) is 17.3 Å². The fourth-order valence-corrected chi connectivity index (χ4v) is 3.17. The molecule has 1 aromatic heterocycles. The molecule has 6 nitrogen and oxygen atoms in total. The molecular formula is C16H20ClN3O3. The third-order valence-electron chi connectivity index (χ3n) is 4.47. The van der Waals surface area contributed by atoms with Crippen molar-refractivity contribution in [2.45, 2.75) is 50.4 Å². The summed E-state index contributed by atoms with van der Waals surface area (Å²) >= 11 is 0. The number of ether oxygens (including phenoxy) is 2. The summed E-state index contributed by atoms with van der Waals surface area (Å²) in [6.07, 6.45) is 3.38. The molecule has 1 aliphatic heterocycles. The highest BCUT2D eigenvalue weighted by molar-refractivity contribution is 5.85. The monoisotopic (exact) mass is 337 g/mol. The summed E-state index contributed by atoms with van der Waals surface area (Å²) in [5.41, 5.74) is 5.92. The Morgan fingerprint density at radius 3 is 2.48 bits per heavy atom. The minimum atomic E-state index is -0.460. The number of aromatic nitrogens is 2. The Labute approximate surface area is 140 Å². The van der Waals surface area contributed by atoms with Crippen LogP contribution in [0.2, 0.25) is 0 Å². The van der Waals surface area contributed by atoms with Crippen LogP contribution in [0, 0.1) is 0 Å². The summed E-state index contributed by atoms with van der Waals surface area (Å²) in [5.74, 6) is 2.43. The topological polar surface area (TPSA) is 83.4 Å². The highest BCUT2D eigenvalue weighted by atomic mass is 35.5. The van der Waals surface area contributed by atoms with E-state index in [-0.39, 0.29) is 18.5 Å². The van der Waals surface area contributed by atoms with E-state index in [0.29, 0.717) is 17.5 Å². The third-order valence-corrected chi connectivity index (χ3v) is 4.47. The molecule has 2 aromatic rings. The highest BCUT2D eigenvalue weighted by Crippen LogP contribution is 2.40. The van der Waals surface area contributed by atoms with Crippen LogP contribution in [0.5, 0.6) is 11.5 Å². The van der Waals surface area contributed by atoms with Crippen molar-refractivity contribution in [3.05, 3.63) is 36.0 Å². The molecule has 0 amide bonds. The zero-order valence-corrected chi connectivity index (χ0v) is 13.7. The van der Waals surface area contributed by atoms with E-state index in [4.69, 9.17) is 19.7 Å². The first-order valence-electron chi connectivity index (χ1n) is 7.71. The first-order chi connectivity index (χ1) is 10.7. The van der Waals surface area contributed by atoms with E-state index in [2.05, 4.69) is 10.1 Å². The maximum absolute atomic E-state index is 6.38. The molecule has 1 aliphatic carbocycles. The Morgan fingerprint density at radius 2 is 1.78 bits per heavy atom. The fourth-order valence-electron chi connectivity index (χ4n) is 3.17. The number of hydrogen-bond donors (Lipinski definition) is 1. The minimum absolute atomic E-state index is 0. The number of fused-ring (bicyclic) bond motifs is 1. The lowest BCUT2D eigenvalue weighted by atomic mass is 9.98. The van der Waals surface area contributed by atoms with Gasteiger partial charge in [0.25, 0.3) is 5.89 Å². The lowest BCUT2D eigenvalue weighted by Crippen LogP contribution is -2.35. The molecule has 7 heteroatoms. The van der Waals surface area contributed by atoms with Crippen molar-refractivity contribution in [1.82, 2.24) is 10.1 Å². The maximum Gasteiger partial charge on any atom is 0.271 e. The molecule has 0 bridgehead atoms. The average molecular weight is 338 g/mol. The van der Waals surface area contributed by atoms with Gasteiger partial charge in [0, 0.05) is 0 Å². The van der Waals surface area contributed by atoms with E-state index < -0.39 is 11.6 Å². The van der Waals surface area contributed by atoms with Crippen molar-refractivity contribution in [2.24, 2.45) is 5.73 Å². The van der Waals surface area contributed by atoms with Gasteiger partial charge in [-0.25, -0.2) is 0 Å². The molecule has 2 unspecified atom stereocenters. The summed E-state index contributed by atoms with van der Waals surface area (Å²) in [6, 6.07) is 7.57. The van der Waals surface area contributed by atoms with E-state index in [0.717, 1.165) is 31.4 Å². The third kappa shape index (κ3) is 2.77. The van der Waals surface area contributed by atoms with Gasteiger partial charge in [-0.05, 0) is 31.9 Å². The predicted molar refractivity (Wildman–Crippen MR) is 85.8 cm³/mol. The van der Waals surface area contributed by atoms with Gasteiger partial charge >= 0.3 is 0 Å². The van der Waals surface area contributed by atoms with Crippen LogP contribution >= 0.6 is 12.4 Å². The van der Waals surface area contributed by atoms with Gasteiger partial charge in [-0.15, -0.1) is 12.4 Å². The zero-order valence-electron chi connectivity index (χ0n) is 12.9. The lowest BCUT2D eigenvalue weighted by Gasteiger charge is -2.29. The zero-order chi connectivity index (χ0) is 15.2. The van der Waals surface area contributed by atoms with Crippen molar-refractivity contribution < 1.29 is 14.0 Å². The Balaban J connectivity index is 0.00000156. The molecule has 1 saturated carbocycles. The molecule has 2 aliphatic rings. The molecule has 1 aromatic carbocycles. The quantitative estimate of drug-likeness (QED) is 0.906. The van der Waals surface area contributed by atoms with Gasteiger partial charge in [-0.3, -0.25) is 0 Å². The van der Waals surface area contributed by atoms with Crippen LogP contribution in [0.25, 0.3) is 0 Å². The van der Waals surface area contributed by atoms with E-state index in [9.17, 15) is 0 Å². The number of halogens is 1. The maximum atomic E-state index is 6.38. The van der Waals surface area contributed by atoms with Crippen molar-refractivity contribution in [3.8, 4) is 11.5 Å². The van der Waals surface area contributed by atoms with Gasteiger partial charge in [0.05, 0.1) is 5.54 Å². The van der Waals surface area contributed by atoms with Crippen molar-refractivity contribution in [2.75, 3.05) is 0 Å². The molecule has 0 radical (unpaired) electrons. The smallest absolute Gasteiger partial charge is 0.271 e. The number of nitrogens with zero attached hydrogens (tertiary/aromatic N) is 2. The molecule has 1 fully saturated rings. The van der Waals surface area contributed by atoms with Gasteiger partial charge in [0.2, 0.25) is 6.10 Å². The van der Waals surface area contributed by atoms with Crippen molar-refractivity contribution in [3.63, 3.8) is 0 Å². The largest absolute Gasteiger partial charge is 0.482 e. The number of benzene rings is 1. The van der Waals surface area contributed by atoms with Crippen molar-refractivity contribution in [1.29, 1.82) is 0 Å². The Kier molecular flexibility index (Phi) is 4.21. The molecule has 2 atom stereocenters. The summed E-state index contributed by atoms with van der Waals surface area (Å²) in [4.78, 5) is 4.50. The second-order valence-electron chi connectivity index (χ2n) is 6.13. The summed E-state index contributed by atoms with van der Waals surface area (Å²) in [6.45, 7) is 1.93. The lowest BCUT2D eigenvalue weighted by molar-refractivity contribution is 0.0116. The average Bonchev–Trinajstić information content (AvgIpc) is 3.16. The molecule has 4 rings (SSSR count). The summed E-state index contributed by atoms with van der Waals surface area (Å²) in [7, 11) is 0. The Morgan fingerprint density at radius 1 is 1.13 bits per heavy atom. The van der Waals surface area contributed by atoms with Gasteiger partial charge in [0.1, 0.15) is 6.10 Å². The van der Waals surface area contributed by atoms with E-state index in [1.165, 1.54) is 0 Å². The molecule has 124 valence electrons. The van der Waals surface area contributed by atoms with Gasteiger partial charge in [-0.2, -0.15) is 4.98 Å². The van der Waals surface area contributed by atoms with Crippen LogP contribution in [0.15, 0.2) is 28.8 Å². The molecule has 0 spiro atoms. The summed E-state index contributed by atoms with van der Waals surface area (Å²) < 4.78 is 17.3. The van der Waals surface area contributed by atoms with Crippen LogP contribution < -0.4 is 15.2 Å².